The molecule has 2 atom stereocenters. The minimum absolute atomic E-state index is 0.0248. The maximum atomic E-state index is 13.8. The lowest BCUT2D eigenvalue weighted by molar-refractivity contribution is -0.137. The van der Waals surface area contributed by atoms with Crippen LogP contribution in [0.1, 0.15) is 32.3 Å². The molecule has 2 N–H and O–H groups in total. The van der Waals surface area contributed by atoms with E-state index in [1.165, 1.54) is 43.0 Å². The van der Waals surface area contributed by atoms with Crippen LogP contribution in [0.2, 0.25) is 0 Å². The molecule has 0 aliphatic carbocycles. The molecule has 184 valence electrons. The van der Waals surface area contributed by atoms with Crippen molar-refractivity contribution in [2.24, 2.45) is 0 Å². The Balaban J connectivity index is 2.03. The fourth-order valence-electron chi connectivity index (χ4n) is 3.89. The van der Waals surface area contributed by atoms with Gasteiger partial charge in [-0.25, -0.2) is 12.8 Å². The summed E-state index contributed by atoms with van der Waals surface area (Å²) < 4.78 is 78.4. The second-order valence-electron chi connectivity index (χ2n) is 8.47. The molecule has 0 fully saturated rings. The van der Waals surface area contributed by atoms with E-state index in [9.17, 15) is 35.9 Å². The molecule has 1 unspecified atom stereocenters. The van der Waals surface area contributed by atoms with Gasteiger partial charge >= 0.3 is 6.18 Å². The SMILES string of the molecule is C[C@H](O)CC1=CCC(C)(C(=O)Nc2ccc(S(C)(=O)=O)cc2)N1c1ccc(F)cc1C(F)(F)F. The standard InChI is InChI=1S/C23H24F4N2O4S/c1-14(30)12-17-10-11-22(2,21(31)28-16-5-7-18(8-6-16)34(3,32)33)29(17)20-9-4-15(24)13-19(20)23(25,26)27/h4-10,13-14,30H,11-12H2,1-3H3,(H,28,31)/t14-,22?/m0/s1. The molecule has 6 nitrogen and oxygen atoms in total. The van der Waals surface area contributed by atoms with E-state index in [-0.39, 0.29) is 29.1 Å². The fraction of sp³-hybridized carbons (Fsp3) is 0.348. The maximum absolute atomic E-state index is 13.8. The first-order valence-electron chi connectivity index (χ1n) is 10.3. The third-order valence-electron chi connectivity index (χ3n) is 5.55. The highest BCUT2D eigenvalue weighted by Crippen LogP contribution is 2.45. The summed E-state index contributed by atoms with van der Waals surface area (Å²) >= 11 is 0. The summed E-state index contributed by atoms with van der Waals surface area (Å²) in [5.41, 5.74) is -2.67. The first-order valence-corrected chi connectivity index (χ1v) is 12.2. The number of aliphatic hydroxyl groups is 1. The van der Waals surface area contributed by atoms with E-state index < -0.39 is 50.6 Å². The number of hydrogen-bond acceptors (Lipinski definition) is 5. The second-order valence-corrected chi connectivity index (χ2v) is 10.5. The van der Waals surface area contributed by atoms with E-state index in [4.69, 9.17) is 0 Å². The second kappa shape index (κ2) is 9.03. The summed E-state index contributed by atoms with van der Waals surface area (Å²) in [6.45, 7) is 2.91. The Labute approximate surface area is 194 Å². The van der Waals surface area contributed by atoms with Crippen LogP contribution >= 0.6 is 0 Å². The Morgan fingerprint density at radius 3 is 2.35 bits per heavy atom. The molecule has 0 aromatic heterocycles. The van der Waals surface area contributed by atoms with Gasteiger partial charge in [-0.2, -0.15) is 13.2 Å². The molecule has 0 spiro atoms. The van der Waals surface area contributed by atoms with Crippen LogP contribution in [0.3, 0.4) is 0 Å². The number of amides is 1. The molecule has 1 heterocycles. The summed E-state index contributed by atoms with van der Waals surface area (Å²) in [7, 11) is -3.45. The number of benzene rings is 2. The van der Waals surface area contributed by atoms with Crippen molar-refractivity contribution in [3.05, 3.63) is 65.6 Å². The zero-order valence-electron chi connectivity index (χ0n) is 18.6. The zero-order chi connectivity index (χ0) is 25.5. The van der Waals surface area contributed by atoms with Crippen LogP contribution in [0.15, 0.2) is 59.1 Å². The van der Waals surface area contributed by atoms with E-state index in [1.807, 2.05) is 0 Å². The number of rotatable bonds is 6. The number of hydrogen-bond donors (Lipinski definition) is 2. The topological polar surface area (TPSA) is 86.7 Å². The number of carbonyl (C=O) groups excluding carboxylic acids is 1. The first kappa shape index (κ1) is 25.7. The largest absolute Gasteiger partial charge is 0.418 e. The lowest BCUT2D eigenvalue weighted by Gasteiger charge is -2.39. The summed E-state index contributed by atoms with van der Waals surface area (Å²) in [4.78, 5) is 14.6. The first-order chi connectivity index (χ1) is 15.6. The molecular formula is C23H24F4N2O4S. The van der Waals surface area contributed by atoms with E-state index in [2.05, 4.69) is 5.32 Å². The Morgan fingerprint density at radius 2 is 1.82 bits per heavy atom. The van der Waals surface area contributed by atoms with E-state index in [0.717, 1.165) is 18.4 Å². The molecule has 0 saturated heterocycles. The molecular weight excluding hydrogens is 476 g/mol. The lowest BCUT2D eigenvalue weighted by atomic mass is 9.95. The van der Waals surface area contributed by atoms with Gasteiger partial charge in [0.1, 0.15) is 11.4 Å². The van der Waals surface area contributed by atoms with Gasteiger partial charge in [-0.05, 0) is 62.7 Å². The van der Waals surface area contributed by atoms with Crippen molar-refractivity contribution in [3.63, 3.8) is 0 Å². The van der Waals surface area contributed by atoms with Gasteiger partial charge in [-0.1, -0.05) is 6.08 Å². The summed E-state index contributed by atoms with van der Waals surface area (Å²) in [5, 5.41) is 12.5. The summed E-state index contributed by atoms with van der Waals surface area (Å²) in [5.74, 6) is -1.73. The van der Waals surface area contributed by atoms with E-state index in [1.54, 1.807) is 6.08 Å². The number of nitrogens with zero attached hydrogens (tertiary/aromatic N) is 1. The van der Waals surface area contributed by atoms with Crippen molar-refractivity contribution in [1.29, 1.82) is 0 Å². The van der Waals surface area contributed by atoms with Gasteiger partial charge in [0.25, 0.3) is 5.91 Å². The maximum Gasteiger partial charge on any atom is 0.418 e. The van der Waals surface area contributed by atoms with Crippen molar-refractivity contribution < 1.29 is 35.9 Å². The van der Waals surface area contributed by atoms with Gasteiger partial charge in [0.2, 0.25) is 0 Å². The molecule has 11 heteroatoms. The van der Waals surface area contributed by atoms with Crippen LogP contribution in [0.4, 0.5) is 28.9 Å². The fourth-order valence-corrected chi connectivity index (χ4v) is 4.52. The molecule has 34 heavy (non-hydrogen) atoms. The minimum atomic E-state index is -4.89. The van der Waals surface area contributed by atoms with Crippen LogP contribution in [0.5, 0.6) is 0 Å². The summed E-state index contributed by atoms with van der Waals surface area (Å²) in [6, 6.07) is 7.57. The molecule has 1 amide bonds. The lowest BCUT2D eigenvalue weighted by Crippen LogP contribution is -2.52. The highest BCUT2D eigenvalue weighted by molar-refractivity contribution is 7.90. The van der Waals surface area contributed by atoms with Crippen LogP contribution in [0.25, 0.3) is 0 Å². The molecule has 1 aliphatic heterocycles. The third kappa shape index (κ3) is 5.25. The predicted octanol–water partition coefficient (Wildman–Crippen LogP) is 4.51. The average molecular weight is 501 g/mol. The van der Waals surface area contributed by atoms with Crippen LogP contribution in [0, 0.1) is 5.82 Å². The number of halogens is 4. The minimum Gasteiger partial charge on any atom is -0.393 e. The molecule has 2 aromatic rings. The summed E-state index contributed by atoms with van der Waals surface area (Å²) in [6.07, 6.45) is -3.19. The van der Waals surface area contributed by atoms with Gasteiger partial charge in [-0.3, -0.25) is 4.79 Å². The number of nitrogens with one attached hydrogen (secondary N) is 1. The average Bonchev–Trinajstić information content (AvgIpc) is 3.04. The van der Waals surface area contributed by atoms with Gasteiger partial charge in [0, 0.05) is 24.1 Å². The van der Waals surface area contributed by atoms with E-state index >= 15 is 0 Å². The number of aliphatic hydroxyl groups excluding tert-OH is 1. The highest BCUT2D eigenvalue weighted by Gasteiger charge is 2.47. The van der Waals surface area contributed by atoms with Crippen molar-refractivity contribution in [2.75, 3.05) is 16.5 Å². The highest BCUT2D eigenvalue weighted by atomic mass is 32.2. The van der Waals surface area contributed by atoms with Crippen molar-refractivity contribution in [2.45, 2.75) is 49.4 Å². The molecule has 3 rings (SSSR count). The molecule has 0 radical (unpaired) electrons. The van der Waals surface area contributed by atoms with Gasteiger partial charge < -0.3 is 15.3 Å². The quantitative estimate of drug-likeness (QED) is 0.570. The Kier molecular flexibility index (Phi) is 6.82. The number of sulfone groups is 1. The van der Waals surface area contributed by atoms with Crippen molar-refractivity contribution in [3.8, 4) is 0 Å². The zero-order valence-corrected chi connectivity index (χ0v) is 19.5. The monoisotopic (exact) mass is 500 g/mol. The Bertz CT molecular complexity index is 1220. The number of carbonyl (C=O) groups is 1. The molecule has 1 aliphatic rings. The van der Waals surface area contributed by atoms with Gasteiger partial charge in [0.05, 0.1) is 22.3 Å². The van der Waals surface area contributed by atoms with Crippen LogP contribution in [-0.2, 0) is 20.8 Å². The van der Waals surface area contributed by atoms with E-state index in [0.29, 0.717) is 6.07 Å². The van der Waals surface area contributed by atoms with Crippen molar-refractivity contribution in [1.82, 2.24) is 0 Å². The number of alkyl halides is 3. The Morgan fingerprint density at radius 1 is 1.21 bits per heavy atom. The van der Waals surface area contributed by atoms with Gasteiger partial charge in [-0.15, -0.1) is 0 Å². The molecule has 2 aromatic carbocycles. The normalized spacial score (nSPS) is 19.6. The molecule has 0 bridgehead atoms. The number of anilines is 2. The van der Waals surface area contributed by atoms with Crippen molar-refractivity contribution >= 4 is 27.1 Å². The smallest absolute Gasteiger partial charge is 0.393 e. The third-order valence-corrected chi connectivity index (χ3v) is 6.68. The molecule has 0 saturated carbocycles. The van der Waals surface area contributed by atoms with Crippen LogP contribution in [-0.4, -0.2) is 37.3 Å². The van der Waals surface area contributed by atoms with Gasteiger partial charge in [0.15, 0.2) is 9.84 Å². The predicted molar refractivity (Wildman–Crippen MR) is 119 cm³/mol. The van der Waals surface area contributed by atoms with Crippen LogP contribution < -0.4 is 10.2 Å². The Hall–Kier alpha value is -2.92.